The average Bonchev–Trinajstić information content (AvgIpc) is 2.63. The summed E-state index contributed by atoms with van der Waals surface area (Å²) in [6.07, 6.45) is 17.2. The lowest BCUT2D eigenvalue weighted by molar-refractivity contribution is 0.611. The molecule has 0 saturated carbocycles. The van der Waals surface area contributed by atoms with E-state index in [1.165, 1.54) is 44.9 Å². The van der Waals surface area contributed by atoms with Crippen LogP contribution in [0.3, 0.4) is 0 Å². The third-order valence-electron chi connectivity index (χ3n) is 4.95. The highest BCUT2D eigenvalue weighted by atomic mass is 16.1. The van der Waals surface area contributed by atoms with Crippen LogP contribution in [-0.4, -0.2) is 4.57 Å². The zero-order valence-electron chi connectivity index (χ0n) is 16.0. The van der Waals surface area contributed by atoms with E-state index in [0.29, 0.717) is 0 Å². The van der Waals surface area contributed by atoms with Crippen LogP contribution in [0.4, 0.5) is 0 Å². The lowest BCUT2D eigenvalue weighted by atomic mass is 10.1. The molecule has 0 unspecified atom stereocenters. The van der Waals surface area contributed by atoms with Crippen LogP contribution in [-0.2, 0) is 13.5 Å². The minimum absolute atomic E-state index is 0.141. The van der Waals surface area contributed by atoms with E-state index in [4.69, 9.17) is 0 Å². The molecular weight excluding hydrogens is 306 g/mol. The second-order valence-electron chi connectivity index (χ2n) is 7.00. The largest absolute Gasteiger partial charge is 0.347 e. The van der Waals surface area contributed by atoms with Gasteiger partial charge < -0.3 is 4.57 Å². The standard InChI is InChI=1S/C23H33NO/c1-3-4-5-6-7-8-9-10-11-12-13-16-20-19-23(25)21-17-14-15-18-22(21)24(20)2/h10-11,14-15,17-19H,3-9,12-13,16H2,1-2H3/b11-10-. The number of pyridine rings is 1. The van der Waals surface area contributed by atoms with Crippen molar-refractivity contribution in [3.05, 3.63) is 58.4 Å². The molecule has 0 aliphatic carbocycles. The van der Waals surface area contributed by atoms with Crippen molar-refractivity contribution in [2.24, 2.45) is 7.05 Å². The molecule has 0 fully saturated rings. The van der Waals surface area contributed by atoms with Gasteiger partial charge in [-0.1, -0.05) is 63.3 Å². The summed E-state index contributed by atoms with van der Waals surface area (Å²) in [5.74, 6) is 0. The first-order valence-corrected chi connectivity index (χ1v) is 9.96. The van der Waals surface area contributed by atoms with Gasteiger partial charge in [-0.25, -0.2) is 0 Å². The van der Waals surface area contributed by atoms with E-state index in [1.54, 1.807) is 0 Å². The van der Waals surface area contributed by atoms with Crippen molar-refractivity contribution < 1.29 is 0 Å². The Labute approximate surface area is 152 Å². The molecular formula is C23H33NO. The Morgan fingerprint density at radius 2 is 1.60 bits per heavy atom. The summed E-state index contributed by atoms with van der Waals surface area (Å²) in [5, 5.41) is 0.813. The van der Waals surface area contributed by atoms with Gasteiger partial charge in [0.15, 0.2) is 5.43 Å². The van der Waals surface area contributed by atoms with Crippen LogP contribution in [0, 0.1) is 0 Å². The summed E-state index contributed by atoms with van der Waals surface area (Å²) in [4.78, 5) is 12.2. The Bertz CT molecular complexity index is 726. The third-order valence-corrected chi connectivity index (χ3v) is 4.95. The van der Waals surface area contributed by atoms with Crippen LogP contribution in [0.15, 0.2) is 47.3 Å². The smallest absolute Gasteiger partial charge is 0.189 e. The van der Waals surface area contributed by atoms with Crippen LogP contribution >= 0.6 is 0 Å². The topological polar surface area (TPSA) is 22.0 Å². The zero-order chi connectivity index (χ0) is 17.9. The molecule has 2 heteroatoms. The maximum atomic E-state index is 12.2. The molecule has 0 aliphatic rings. The highest BCUT2D eigenvalue weighted by molar-refractivity contribution is 5.79. The van der Waals surface area contributed by atoms with Gasteiger partial charge in [-0.15, -0.1) is 0 Å². The van der Waals surface area contributed by atoms with Crippen LogP contribution in [0.25, 0.3) is 10.9 Å². The number of hydrogen-bond acceptors (Lipinski definition) is 1. The molecule has 1 aromatic carbocycles. The fraction of sp³-hybridized carbons (Fsp3) is 0.522. The van der Waals surface area contributed by atoms with Crippen molar-refractivity contribution in [3.8, 4) is 0 Å². The second-order valence-corrected chi connectivity index (χ2v) is 7.00. The predicted octanol–water partition coefficient (Wildman–Crippen LogP) is 6.17. The second kappa shape index (κ2) is 10.9. The number of hydrogen-bond donors (Lipinski definition) is 0. The van der Waals surface area contributed by atoms with Gasteiger partial charge >= 0.3 is 0 Å². The molecule has 0 N–H and O–H groups in total. The highest BCUT2D eigenvalue weighted by Gasteiger charge is 2.05. The Morgan fingerprint density at radius 3 is 2.40 bits per heavy atom. The van der Waals surface area contributed by atoms with Gasteiger partial charge in [0.05, 0.1) is 5.52 Å². The van der Waals surface area contributed by atoms with Crippen molar-refractivity contribution in [2.75, 3.05) is 0 Å². The maximum absolute atomic E-state index is 12.2. The number of para-hydroxylation sites is 1. The van der Waals surface area contributed by atoms with Crippen molar-refractivity contribution in [1.29, 1.82) is 0 Å². The van der Waals surface area contributed by atoms with E-state index >= 15 is 0 Å². The van der Waals surface area contributed by atoms with E-state index in [1.807, 2.05) is 30.3 Å². The number of rotatable bonds is 11. The van der Waals surface area contributed by atoms with Gasteiger partial charge in [0.1, 0.15) is 0 Å². The zero-order valence-corrected chi connectivity index (χ0v) is 16.0. The number of fused-ring (bicyclic) bond motifs is 1. The molecule has 0 spiro atoms. The van der Waals surface area contributed by atoms with Gasteiger partial charge in [-0.2, -0.15) is 0 Å². The summed E-state index contributed by atoms with van der Waals surface area (Å²) >= 11 is 0. The Morgan fingerprint density at radius 1 is 0.920 bits per heavy atom. The number of nitrogens with zero attached hydrogens (tertiary/aromatic N) is 1. The first kappa shape index (κ1) is 19.5. The van der Waals surface area contributed by atoms with Gasteiger partial charge in [-0.3, -0.25) is 4.79 Å². The fourth-order valence-corrected chi connectivity index (χ4v) is 3.37. The van der Waals surface area contributed by atoms with Gasteiger partial charge in [0.2, 0.25) is 0 Å². The number of aryl methyl sites for hydroxylation is 2. The molecule has 1 aromatic heterocycles. The molecule has 0 radical (unpaired) electrons. The minimum Gasteiger partial charge on any atom is -0.347 e. The SMILES string of the molecule is CCCCCCCC/C=C\CCCc1cc(=O)c2ccccc2n1C. The van der Waals surface area contributed by atoms with Crippen molar-refractivity contribution in [3.63, 3.8) is 0 Å². The third kappa shape index (κ3) is 6.19. The van der Waals surface area contributed by atoms with Gasteiger partial charge in [0, 0.05) is 24.2 Å². The predicted molar refractivity (Wildman–Crippen MR) is 109 cm³/mol. The summed E-state index contributed by atoms with van der Waals surface area (Å²) in [6, 6.07) is 9.67. The highest BCUT2D eigenvalue weighted by Crippen LogP contribution is 2.13. The summed E-state index contributed by atoms with van der Waals surface area (Å²) in [7, 11) is 2.06. The van der Waals surface area contributed by atoms with E-state index < -0.39 is 0 Å². The molecule has 2 rings (SSSR count). The molecule has 0 bridgehead atoms. The molecule has 0 saturated heterocycles. The minimum atomic E-state index is 0.141. The molecule has 0 aliphatic heterocycles. The molecule has 0 amide bonds. The van der Waals surface area contributed by atoms with Gasteiger partial charge in [-0.05, 0) is 44.2 Å². The first-order chi connectivity index (χ1) is 12.2. The molecule has 0 atom stereocenters. The first-order valence-electron chi connectivity index (χ1n) is 9.96. The lowest BCUT2D eigenvalue weighted by Gasteiger charge is -2.11. The van der Waals surface area contributed by atoms with E-state index in [2.05, 4.69) is 30.7 Å². The Hall–Kier alpha value is -1.83. The fourth-order valence-electron chi connectivity index (χ4n) is 3.37. The summed E-state index contributed by atoms with van der Waals surface area (Å²) < 4.78 is 2.16. The van der Waals surface area contributed by atoms with Crippen LogP contribution in [0.2, 0.25) is 0 Å². The van der Waals surface area contributed by atoms with E-state index in [9.17, 15) is 4.79 Å². The van der Waals surface area contributed by atoms with Crippen molar-refractivity contribution >= 4 is 10.9 Å². The molecule has 25 heavy (non-hydrogen) atoms. The Kier molecular flexibility index (Phi) is 8.51. The number of unbranched alkanes of at least 4 members (excludes halogenated alkanes) is 7. The quantitative estimate of drug-likeness (QED) is 0.354. The van der Waals surface area contributed by atoms with Crippen LogP contribution in [0.5, 0.6) is 0 Å². The molecule has 136 valence electrons. The van der Waals surface area contributed by atoms with Crippen molar-refractivity contribution in [2.45, 2.75) is 71.1 Å². The Balaban J connectivity index is 1.72. The van der Waals surface area contributed by atoms with Crippen molar-refractivity contribution in [1.82, 2.24) is 4.57 Å². The van der Waals surface area contributed by atoms with Crippen LogP contribution in [0.1, 0.15) is 70.4 Å². The van der Waals surface area contributed by atoms with Crippen LogP contribution < -0.4 is 5.43 Å². The number of allylic oxidation sites excluding steroid dienone is 2. The number of benzene rings is 1. The molecule has 2 nitrogen and oxygen atoms in total. The molecule has 2 aromatic rings. The normalized spacial score (nSPS) is 11.6. The average molecular weight is 340 g/mol. The van der Waals surface area contributed by atoms with E-state index in [0.717, 1.165) is 35.9 Å². The lowest BCUT2D eigenvalue weighted by Crippen LogP contribution is -2.11. The summed E-state index contributed by atoms with van der Waals surface area (Å²) in [6.45, 7) is 2.26. The molecule has 1 heterocycles. The number of aromatic nitrogens is 1. The monoisotopic (exact) mass is 339 g/mol. The van der Waals surface area contributed by atoms with E-state index in [-0.39, 0.29) is 5.43 Å². The summed E-state index contributed by atoms with van der Waals surface area (Å²) in [5.41, 5.74) is 2.30. The maximum Gasteiger partial charge on any atom is 0.189 e. The van der Waals surface area contributed by atoms with Gasteiger partial charge in [0.25, 0.3) is 0 Å².